The molecule has 0 unspecified atom stereocenters. The Balaban J connectivity index is 2.60. The van der Waals surface area contributed by atoms with E-state index in [2.05, 4.69) is 19.6 Å². The van der Waals surface area contributed by atoms with Crippen molar-refractivity contribution in [2.75, 3.05) is 0 Å². The molecule has 8 nitrogen and oxygen atoms in total. The number of aromatic amines is 1. The number of rotatable bonds is 2. The van der Waals surface area contributed by atoms with Gasteiger partial charge in [-0.05, 0) is 0 Å². The van der Waals surface area contributed by atoms with Gasteiger partial charge in [0.25, 0.3) is 0 Å². The van der Waals surface area contributed by atoms with Crippen LogP contribution in [0.4, 0.5) is 0 Å². The number of hydrogen-bond donors (Lipinski definition) is 3. The molecule has 10 heteroatoms. The molecule has 0 aliphatic carbocycles. The predicted octanol–water partition coefficient (Wildman–Crippen LogP) is 0.0102. The zero-order valence-corrected chi connectivity index (χ0v) is 8.77. The molecule has 0 spiro atoms. The molecule has 0 saturated carbocycles. The highest BCUT2D eigenvalue weighted by atomic mass is 32.1. The molecular weight excluding hydrogens is 243 g/mol. The van der Waals surface area contributed by atoms with Crippen molar-refractivity contribution in [1.82, 2.24) is 19.7 Å². The first kappa shape index (κ1) is 10.2. The van der Waals surface area contributed by atoms with Crippen molar-refractivity contribution >= 4 is 31.2 Å². The lowest BCUT2D eigenvalue weighted by Crippen LogP contribution is -2.07. The Hall–Kier alpha value is -1.28. The minimum absolute atomic E-state index is 0.219. The van der Waals surface area contributed by atoms with E-state index >= 15 is 0 Å². The van der Waals surface area contributed by atoms with Crippen LogP contribution in [-0.4, -0.2) is 29.5 Å². The summed E-state index contributed by atoms with van der Waals surface area (Å²) in [6, 6.07) is 0. The Labute approximate surface area is 87.8 Å². The van der Waals surface area contributed by atoms with E-state index in [0.717, 1.165) is 11.1 Å². The number of H-pyrrole nitrogens is 1. The average molecular weight is 248 g/mol. The molecule has 0 radical (unpaired) electrons. The quantitative estimate of drug-likeness (QED) is 0.506. The minimum Gasteiger partial charge on any atom is -0.328 e. The molecule has 80 valence electrons. The van der Waals surface area contributed by atoms with E-state index in [9.17, 15) is 4.57 Å². The fraction of sp³-hybridized carbons (Fsp3) is 0. The molecule has 3 N–H and O–H groups in total. The maximum atomic E-state index is 10.6. The fourth-order valence-electron chi connectivity index (χ4n) is 1.01. The summed E-state index contributed by atoms with van der Waals surface area (Å²) < 4.78 is 16.0. The largest absolute Gasteiger partial charge is 0.543 e. The maximum Gasteiger partial charge on any atom is 0.543 e. The molecule has 0 aliphatic rings. The van der Waals surface area contributed by atoms with Gasteiger partial charge in [-0.3, -0.25) is 9.79 Å². The second kappa shape index (κ2) is 3.38. The van der Waals surface area contributed by atoms with Gasteiger partial charge in [0.05, 0.1) is 6.33 Å². The molecule has 0 saturated heterocycles. The zero-order valence-electron chi connectivity index (χ0n) is 7.06. The van der Waals surface area contributed by atoms with Gasteiger partial charge in [-0.15, -0.1) is 4.73 Å². The lowest BCUT2D eigenvalue weighted by molar-refractivity contribution is 0.183. The Morgan fingerprint density at radius 2 is 2.27 bits per heavy atom. The van der Waals surface area contributed by atoms with Gasteiger partial charge in [-0.25, -0.2) is 14.5 Å². The Morgan fingerprint density at radius 1 is 1.53 bits per heavy atom. The normalized spacial score (nSPS) is 11.9. The third-order valence-corrected chi connectivity index (χ3v) is 2.20. The second-order valence-electron chi connectivity index (χ2n) is 2.55. The van der Waals surface area contributed by atoms with Crippen LogP contribution in [0.25, 0.3) is 11.2 Å². The highest BCUT2D eigenvalue weighted by Gasteiger charge is 2.18. The Kier molecular flexibility index (Phi) is 2.31. The van der Waals surface area contributed by atoms with Gasteiger partial charge in [0.1, 0.15) is 11.8 Å². The van der Waals surface area contributed by atoms with Crippen LogP contribution in [0.3, 0.4) is 0 Å². The monoisotopic (exact) mass is 248 g/mol. The summed E-state index contributed by atoms with van der Waals surface area (Å²) in [5, 5.41) is 0. The van der Waals surface area contributed by atoms with Gasteiger partial charge in [-0.2, -0.15) is 0 Å². The van der Waals surface area contributed by atoms with Crippen molar-refractivity contribution in [3.05, 3.63) is 17.3 Å². The number of nitrogens with one attached hydrogen (secondary N) is 1. The highest BCUT2D eigenvalue weighted by molar-refractivity contribution is 7.71. The summed E-state index contributed by atoms with van der Waals surface area (Å²) in [6.45, 7) is 0. The van der Waals surface area contributed by atoms with Gasteiger partial charge < -0.3 is 9.61 Å². The Bertz CT molecular complexity index is 600. The molecule has 2 heterocycles. The summed E-state index contributed by atoms with van der Waals surface area (Å²) in [5.74, 6) is 0. The number of hydrogen-bond acceptors (Lipinski definition) is 5. The first-order chi connectivity index (χ1) is 6.97. The Morgan fingerprint density at radius 3 is 2.93 bits per heavy atom. The molecule has 2 aromatic heterocycles. The van der Waals surface area contributed by atoms with Crippen LogP contribution in [-0.2, 0) is 4.57 Å². The van der Waals surface area contributed by atoms with Crippen LogP contribution >= 0.6 is 20.0 Å². The zero-order chi connectivity index (χ0) is 11.1. The summed E-state index contributed by atoms with van der Waals surface area (Å²) >= 11 is 4.85. The number of phosphoric acid groups is 1. The molecule has 2 rings (SSSR count). The predicted molar refractivity (Wildman–Crippen MR) is 51.3 cm³/mol. The summed E-state index contributed by atoms with van der Waals surface area (Å²) in [6.07, 6.45) is 2.38. The third-order valence-electron chi connectivity index (χ3n) is 1.52. The number of aromatic nitrogens is 4. The second-order valence-corrected chi connectivity index (χ2v) is 4.08. The first-order valence-corrected chi connectivity index (χ1v) is 5.57. The van der Waals surface area contributed by atoms with E-state index in [1.54, 1.807) is 0 Å². The van der Waals surface area contributed by atoms with Crippen LogP contribution in [0, 0.1) is 4.64 Å². The third kappa shape index (κ3) is 2.05. The van der Waals surface area contributed by atoms with Crippen molar-refractivity contribution in [1.29, 1.82) is 0 Å². The van der Waals surface area contributed by atoms with Crippen LogP contribution in [0.5, 0.6) is 0 Å². The summed E-state index contributed by atoms with van der Waals surface area (Å²) in [5.41, 5.74) is 0.541. The molecule has 15 heavy (non-hydrogen) atoms. The van der Waals surface area contributed by atoms with Gasteiger partial charge in [-0.1, -0.05) is 12.2 Å². The fourth-order valence-corrected chi connectivity index (χ4v) is 1.57. The van der Waals surface area contributed by atoms with E-state index in [4.69, 9.17) is 22.0 Å². The van der Waals surface area contributed by atoms with Crippen LogP contribution in [0.2, 0.25) is 0 Å². The van der Waals surface area contributed by atoms with Crippen LogP contribution in [0.15, 0.2) is 12.7 Å². The van der Waals surface area contributed by atoms with Crippen LogP contribution < -0.4 is 4.62 Å². The molecule has 0 atom stereocenters. The first-order valence-electron chi connectivity index (χ1n) is 3.64. The lowest BCUT2D eigenvalue weighted by atomic mass is 10.6. The number of imidazole rings is 1. The molecule has 0 fully saturated rings. The maximum absolute atomic E-state index is 10.6. The molecule has 2 aromatic rings. The lowest BCUT2D eigenvalue weighted by Gasteiger charge is -2.06. The standard InChI is InChI=1S/C5H5N4O4PS/c10-14(11,12)13-9-2-8-3-4(9)6-1-7-5(3)15/h1-2H,(H,6,7,15)(H2,10,11,12). The van der Waals surface area contributed by atoms with Crippen molar-refractivity contribution < 1.29 is 19.0 Å². The van der Waals surface area contributed by atoms with Crippen molar-refractivity contribution in [3.63, 3.8) is 0 Å². The van der Waals surface area contributed by atoms with Gasteiger partial charge in [0.15, 0.2) is 10.3 Å². The summed E-state index contributed by atoms with van der Waals surface area (Å²) in [4.78, 5) is 27.4. The molecule has 0 aromatic carbocycles. The number of nitrogens with zero attached hydrogens (tertiary/aromatic N) is 3. The SMILES string of the molecule is O=P(O)(O)On1cnc2c(=S)nc[nH]c21. The van der Waals surface area contributed by atoms with E-state index in [1.807, 2.05) is 0 Å². The average Bonchev–Trinajstić information content (AvgIpc) is 2.48. The van der Waals surface area contributed by atoms with E-state index in [-0.39, 0.29) is 10.3 Å². The van der Waals surface area contributed by atoms with Gasteiger partial charge in [0, 0.05) is 0 Å². The molecule has 0 bridgehead atoms. The van der Waals surface area contributed by atoms with Crippen molar-refractivity contribution in [2.24, 2.45) is 0 Å². The van der Waals surface area contributed by atoms with E-state index in [1.165, 1.54) is 6.33 Å². The minimum atomic E-state index is -4.63. The van der Waals surface area contributed by atoms with Crippen molar-refractivity contribution in [2.45, 2.75) is 0 Å². The van der Waals surface area contributed by atoms with E-state index in [0.29, 0.717) is 5.52 Å². The molecule has 0 aliphatic heterocycles. The van der Waals surface area contributed by atoms with E-state index < -0.39 is 7.82 Å². The topological polar surface area (TPSA) is 113 Å². The molecule has 0 amide bonds. The van der Waals surface area contributed by atoms with Crippen LogP contribution in [0.1, 0.15) is 0 Å². The van der Waals surface area contributed by atoms with Gasteiger partial charge >= 0.3 is 7.82 Å². The van der Waals surface area contributed by atoms with Crippen molar-refractivity contribution in [3.8, 4) is 0 Å². The smallest absolute Gasteiger partial charge is 0.328 e. The number of fused-ring (bicyclic) bond motifs is 1. The highest BCUT2D eigenvalue weighted by Crippen LogP contribution is 2.31. The molecular formula is C5H5N4O4PS. The van der Waals surface area contributed by atoms with Gasteiger partial charge in [0.2, 0.25) is 0 Å². The summed E-state index contributed by atoms with van der Waals surface area (Å²) in [7, 11) is -4.63.